The maximum atomic E-state index is 12.1. The van der Waals surface area contributed by atoms with Crippen molar-refractivity contribution >= 4 is 29.7 Å². The summed E-state index contributed by atoms with van der Waals surface area (Å²) in [5, 5.41) is 16.8. The van der Waals surface area contributed by atoms with Crippen LogP contribution in [0.5, 0.6) is 5.75 Å². The molecule has 0 aliphatic heterocycles. The van der Waals surface area contributed by atoms with E-state index in [-0.39, 0.29) is 29.3 Å². The number of hydrogen-bond donors (Lipinski definition) is 2. The molecule has 32 heavy (non-hydrogen) atoms. The zero-order valence-corrected chi connectivity index (χ0v) is 16.4. The van der Waals surface area contributed by atoms with Crippen molar-refractivity contribution in [2.24, 2.45) is 5.10 Å². The van der Waals surface area contributed by atoms with Gasteiger partial charge in [-0.05, 0) is 54.1 Å². The van der Waals surface area contributed by atoms with E-state index in [0.29, 0.717) is 5.56 Å². The Morgan fingerprint density at radius 2 is 1.78 bits per heavy atom. The molecule has 11 nitrogen and oxygen atoms in total. The summed E-state index contributed by atoms with van der Waals surface area (Å²) in [6, 6.07) is 14.3. The SMILES string of the molecule is O=C(CNC(=O)c1ccco1)N/N=C/c1ccc(OC(=O)c2ccc([N+](=O)[O-])cc2)cc1. The van der Waals surface area contributed by atoms with Gasteiger partial charge in [0.15, 0.2) is 5.76 Å². The van der Waals surface area contributed by atoms with Crippen molar-refractivity contribution in [2.75, 3.05) is 6.54 Å². The summed E-state index contributed by atoms with van der Waals surface area (Å²) in [7, 11) is 0. The smallest absolute Gasteiger partial charge is 0.343 e. The number of carbonyl (C=O) groups is 3. The molecule has 0 bridgehead atoms. The predicted molar refractivity (Wildman–Crippen MR) is 111 cm³/mol. The Bertz CT molecular complexity index is 1140. The van der Waals surface area contributed by atoms with Crippen LogP contribution in [0.15, 0.2) is 76.4 Å². The van der Waals surface area contributed by atoms with Gasteiger partial charge >= 0.3 is 5.97 Å². The molecule has 0 unspecified atom stereocenters. The zero-order chi connectivity index (χ0) is 22.9. The lowest BCUT2D eigenvalue weighted by atomic mass is 10.2. The van der Waals surface area contributed by atoms with E-state index in [4.69, 9.17) is 9.15 Å². The van der Waals surface area contributed by atoms with Gasteiger partial charge < -0.3 is 14.5 Å². The van der Waals surface area contributed by atoms with E-state index in [1.165, 1.54) is 54.9 Å². The topological polar surface area (TPSA) is 153 Å². The van der Waals surface area contributed by atoms with E-state index in [0.717, 1.165) is 0 Å². The van der Waals surface area contributed by atoms with Crippen LogP contribution in [-0.2, 0) is 4.79 Å². The van der Waals surface area contributed by atoms with Crippen LogP contribution in [0.3, 0.4) is 0 Å². The fourth-order valence-corrected chi connectivity index (χ4v) is 2.38. The van der Waals surface area contributed by atoms with Crippen molar-refractivity contribution in [3.63, 3.8) is 0 Å². The molecule has 3 aromatic rings. The van der Waals surface area contributed by atoms with Crippen LogP contribution in [0.1, 0.15) is 26.5 Å². The highest BCUT2D eigenvalue weighted by molar-refractivity contribution is 5.94. The van der Waals surface area contributed by atoms with Crippen molar-refractivity contribution in [3.05, 3.63) is 93.9 Å². The van der Waals surface area contributed by atoms with Gasteiger partial charge in [0.05, 0.1) is 29.5 Å². The van der Waals surface area contributed by atoms with Gasteiger partial charge in [0.25, 0.3) is 17.5 Å². The average molecular weight is 436 g/mol. The van der Waals surface area contributed by atoms with Gasteiger partial charge in [-0.2, -0.15) is 5.10 Å². The Balaban J connectivity index is 1.46. The molecule has 0 aliphatic rings. The standard InChI is InChI=1S/C21H16N4O7/c26-19(13-22-20(27)18-2-1-11-31-18)24-23-12-14-3-9-17(10-4-14)32-21(28)15-5-7-16(8-6-15)25(29)30/h1-12H,13H2,(H,22,27)(H,24,26)/b23-12+. The number of non-ortho nitro benzene ring substituents is 1. The van der Waals surface area contributed by atoms with E-state index in [9.17, 15) is 24.5 Å². The van der Waals surface area contributed by atoms with E-state index in [2.05, 4.69) is 15.8 Å². The molecule has 2 N–H and O–H groups in total. The third-order valence-electron chi connectivity index (χ3n) is 3.96. The van der Waals surface area contributed by atoms with Crippen molar-refractivity contribution in [3.8, 4) is 5.75 Å². The average Bonchev–Trinajstić information content (AvgIpc) is 3.34. The van der Waals surface area contributed by atoms with Crippen LogP contribution in [0.2, 0.25) is 0 Å². The number of nitrogens with one attached hydrogen (secondary N) is 2. The number of nitro groups is 1. The van der Waals surface area contributed by atoms with E-state index < -0.39 is 22.7 Å². The second-order valence-corrected chi connectivity index (χ2v) is 6.22. The molecule has 1 aromatic heterocycles. The molecular weight excluding hydrogens is 420 g/mol. The van der Waals surface area contributed by atoms with Gasteiger partial charge in [0.1, 0.15) is 5.75 Å². The fraction of sp³-hybridized carbons (Fsp3) is 0.0476. The second-order valence-electron chi connectivity index (χ2n) is 6.22. The van der Waals surface area contributed by atoms with Gasteiger partial charge in [-0.15, -0.1) is 0 Å². The van der Waals surface area contributed by atoms with E-state index in [1.54, 1.807) is 18.2 Å². The highest BCUT2D eigenvalue weighted by atomic mass is 16.6. The lowest BCUT2D eigenvalue weighted by Crippen LogP contribution is -2.34. The normalized spacial score (nSPS) is 10.5. The molecule has 2 amide bonds. The Kier molecular flexibility index (Phi) is 7.05. The van der Waals surface area contributed by atoms with E-state index >= 15 is 0 Å². The zero-order valence-electron chi connectivity index (χ0n) is 16.4. The van der Waals surface area contributed by atoms with Crippen molar-refractivity contribution in [2.45, 2.75) is 0 Å². The molecule has 0 spiro atoms. The minimum absolute atomic E-state index is 0.0932. The molecule has 11 heteroatoms. The molecule has 0 atom stereocenters. The summed E-state index contributed by atoms with van der Waals surface area (Å²) in [4.78, 5) is 45.6. The molecule has 0 radical (unpaired) electrons. The molecule has 0 aliphatic carbocycles. The maximum absolute atomic E-state index is 12.1. The molecule has 0 saturated carbocycles. The third-order valence-corrected chi connectivity index (χ3v) is 3.96. The maximum Gasteiger partial charge on any atom is 0.343 e. The number of nitrogens with zero attached hydrogens (tertiary/aromatic N) is 2. The molecular formula is C21H16N4O7. The number of nitro benzene ring substituents is 1. The summed E-state index contributed by atoms with van der Waals surface area (Å²) in [5.74, 6) is -1.36. The van der Waals surface area contributed by atoms with Crippen molar-refractivity contribution < 1.29 is 28.5 Å². The lowest BCUT2D eigenvalue weighted by Gasteiger charge is -2.04. The quantitative estimate of drug-likeness (QED) is 0.181. The van der Waals surface area contributed by atoms with Crippen LogP contribution in [0.25, 0.3) is 0 Å². The highest BCUT2D eigenvalue weighted by Crippen LogP contribution is 2.16. The first-order chi connectivity index (χ1) is 15.4. The number of esters is 1. The van der Waals surface area contributed by atoms with Crippen LogP contribution in [0.4, 0.5) is 5.69 Å². The van der Waals surface area contributed by atoms with Gasteiger partial charge in [0, 0.05) is 12.1 Å². The summed E-state index contributed by atoms with van der Waals surface area (Å²) in [5.41, 5.74) is 2.92. The summed E-state index contributed by atoms with van der Waals surface area (Å²) >= 11 is 0. The largest absolute Gasteiger partial charge is 0.459 e. The summed E-state index contributed by atoms with van der Waals surface area (Å²) in [6.07, 6.45) is 2.72. The number of ether oxygens (including phenoxy) is 1. The highest BCUT2D eigenvalue weighted by Gasteiger charge is 2.12. The van der Waals surface area contributed by atoms with Gasteiger partial charge in [0.2, 0.25) is 0 Å². The molecule has 162 valence electrons. The van der Waals surface area contributed by atoms with Crippen LogP contribution in [-0.4, -0.2) is 35.5 Å². The summed E-state index contributed by atoms with van der Waals surface area (Å²) in [6.45, 7) is -0.283. The fourth-order valence-electron chi connectivity index (χ4n) is 2.38. The number of amides is 2. The van der Waals surface area contributed by atoms with Gasteiger partial charge in [-0.25, -0.2) is 10.2 Å². The van der Waals surface area contributed by atoms with Gasteiger partial charge in [-0.3, -0.25) is 19.7 Å². The van der Waals surface area contributed by atoms with Crippen LogP contribution in [0, 0.1) is 10.1 Å². The third kappa shape index (κ3) is 6.10. The van der Waals surface area contributed by atoms with Crippen LogP contribution >= 0.6 is 0 Å². The minimum Gasteiger partial charge on any atom is -0.459 e. The molecule has 0 fully saturated rings. The first-order valence-corrected chi connectivity index (χ1v) is 9.12. The number of benzene rings is 2. The molecule has 2 aromatic carbocycles. The van der Waals surface area contributed by atoms with E-state index in [1.807, 2.05) is 0 Å². The van der Waals surface area contributed by atoms with Crippen molar-refractivity contribution in [1.82, 2.24) is 10.7 Å². The Morgan fingerprint density at radius 1 is 1.06 bits per heavy atom. The predicted octanol–water partition coefficient (Wildman–Crippen LogP) is 2.29. The van der Waals surface area contributed by atoms with Gasteiger partial charge in [-0.1, -0.05) is 0 Å². The number of hydrazone groups is 1. The Labute approximate surface area is 180 Å². The number of carbonyl (C=O) groups excluding carboxylic acids is 3. The lowest BCUT2D eigenvalue weighted by molar-refractivity contribution is -0.384. The first-order valence-electron chi connectivity index (χ1n) is 9.12. The Hall–Kier alpha value is -4.80. The van der Waals surface area contributed by atoms with Crippen molar-refractivity contribution in [1.29, 1.82) is 0 Å². The number of hydrogen-bond acceptors (Lipinski definition) is 8. The number of rotatable bonds is 8. The monoisotopic (exact) mass is 436 g/mol. The summed E-state index contributed by atoms with van der Waals surface area (Å²) < 4.78 is 10.1. The van der Waals surface area contributed by atoms with Crippen LogP contribution < -0.4 is 15.5 Å². The Morgan fingerprint density at radius 3 is 2.41 bits per heavy atom. The minimum atomic E-state index is -0.662. The number of furan rings is 1. The molecule has 3 rings (SSSR count). The molecule has 1 heterocycles. The molecule has 0 saturated heterocycles. The second kappa shape index (κ2) is 10.3. The first kappa shape index (κ1) is 21.9.